The van der Waals surface area contributed by atoms with Gasteiger partial charge in [-0.1, -0.05) is 0 Å². The second kappa shape index (κ2) is 5.65. The van der Waals surface area contributed by atoms with E-state index in [9.17, 15) is 4.79 Å². The number of hydrogen-bond acceptors (Lipinski definition) is 2. The Bertz CT molecular complexity index is 268. The first-order valence-electron chi connectivity index (χ1n) is 4.81. The molecule has 0 unspecified atom stereocenters. The third-order valence-electron chi connectivity index (χ3n) is 2.07. The normalized spacial score (nSPS) is 9.86. The van der Waals surface area contributed by atoms with Crippen LogP contribution in [0.3, 0.4) is 0 Å². The van der Waals surface area contributed by atoms with E-state index in [4.69, 9.17) is 0 Å². The van der Waals surface area contributed by atoms with Crippen LogP contribution in [-0.2, 0) is 6.54 Å². The Morgan fingerprint density at radius 2 is 2.21 bits per heavy atom. The molecule has 0 saturated heterocycles. The van der Waals surface area contributed by atoms with Gasteiger partial charge in [0.15, 0.2) is 0 Å². The summed E-state index contributed by atoms with van der Waals surface area (Å²) in [5, 5.41) is 6.94. The first-order chi connectivity index (χ1) is 6.77. The SMILES string of the molecule is CCN(CC)C(=O)NCc1ccsc1. The molecule has 0 fully saturated rings. The highest BCUT2D eigenvalue weighted by atomic mass is 32.1. The Labute approximate surface area is 88.7 Å². The summed E-state index contributed by atoms with van der Waals surface area (Å²) in [6.45, 7) is 6.10. The van der Waals surface area contributed by atoms with Crippen molar-refractivity contribution in [3.05, 3.63) is 22.4 Å². The average molecular weight is 212 g/mol. The highest BCUT2D eigenvalue weighted by Crippen LogP contribution is 2.05. The number of thiophene rings is 1. The monoisotopic (exact) mass is 212 g/mol. The molecule has 2 amide bonds. The van der Waals surface area contributed by atoms with E-state index in [1.165, 1.54) is 0 Å². The first kappa shape index (κ1) is 11.0. The minimum atomic E-state index is 0.0150. The van der Waals surface area contributed by atoms with Gasteiger partial charge in [-0.15, -0.1) is 0 Å². The average Bonchev–Trinajstić information content (AvgIpc) is 2.69. The number of amides is 2. The fourth-order valence-electron chi connectivity index (χ4n) is 1.19. The van der Waals surface area contributed by atoms with Gasteiger partial charge in [-0.25, -0.2) is 4.79 Å². The van der Waals surface area contributed by atoms with Gasteiger partial charge in [-0.3, -0.25) is 0 Å². The summed E-state index contributed by atoms with van der Waals surface area (Å²) < 4.78 is 0. The van der Waals surface area contributed by atoms with Crippen LogP contribution in [0.25, 0.3) is 0 Å². The highest BCUT2D eigenvalue weighted by molar-refractivity contribution is 7.07. The lowest BCUT2D eigenvalue weighted by molar-refractivity contribution is 0.203. The Hall–Kier alpha value is -1.03. The molecule has 0 saturated carbocycles. The Kier molecular flexibility index (Phi) is 4.46. The van der Waals surface area contributed by atoms with Crippen molar-refractivity contribution in [3.63, 3.8) is 0 Å². The maximum atomic E-state index is 11.5. The molecular weight excluding hydrogens is 196 g/mol. The van der Waals surface area contributed by atoms with Crippen molar-refractivity contribution in [2.45, 2.75) is 20.4 Å². The smallest absolute Gasteiger partial charge is 0.317 e. The van der Waals surface area contributed by atoms with E-state index in [2.05, 4.69) is 5.32 Å². The van der Waals surface area contributed by atoms with E-state index in [1.807, 2.05) is 30.7 Å². The van der Waals surface area contributed by atoms with Crippen molar-refractivity contribution in [2.75, 3.05) is 13.1 Å². The quantitative estimate of drug-likeness (QED) is 0.816. The van der Waals surface area contributed by atoms with Crippen LogP contribution in [0.2, 0.25) is 0 Å². The van der Waals surface area contributed by atoms with E-state index in [0.717, 1.165) is 18.7 Å². The third kappa shape index (κ3) is 3.03. The molecule has 78 valence electrons. The zero-order chi connectivity index (χ0) is 10.4. The second-order valence-electron chi connectivity index (χ2n) is 2.96. The van der Waals surface area contributed by atoms with Gasteiger partial charge in [-0.05, 0) is 36.2 Å². The molecule has 0 atom stereocenters. The molecule has 0 bridgehead atoms. The lowest BCUT2D eigenvalue weighted by Crippen LogP contribution is -2.39. The molecule has 0 aromatic carbocycles. The van der Waals surface area contributed by atoms with Gasteiger partial charge in [0.2, 0.25) is 0 Å². The highest BCUT2D eigenvalue weighted by Gasteiger charge is 2.07. The maximum Gasteiger partial charge on any atom is 0.317 e. The predicted octanol–water partition coefficient (Wildman–Crippen LogP) is 2.30. The molecule has 0 spiro atoms. The molecule has 0 aliphatic rings. The molecule has 3 nitrogen and oxygen atoms in total. The van der Waals surface area contributed by atoms with Crippen LogP contribution in [0, 0.1) is 0 Å². The van der Waals surface area contributed by atoms with Crippen molar-refractivity contribution < 1.29 is 4.79 Å². The number of urea groups is 1. The topological polar surface area (TPSA) is 32.3 Å². The molecule has 1 aromatic rings. The Morgan fingerprint density at radius 3 is 2.71 bits per heavy atom. The third-order valence-corrected chi connectivity index (χ3v) is 2.81. The van der Waals surface area contributed by atoms with Crippen molar-refractivity contribution in [3.8, 4) is 0 Å². The Morgan fingerprint density at radius 1 is 1.50 bits per heavy atom. The molecule has 14 heavy (non-hydrogen) atoms. The number of nitrogens with zero attached hydrogens (tertiary/aromatic N) is 1. The van der Waals surface area contributed by atoms with Gasteiger partial charge in [0, 0.05) is 19.6 Å². The number of rotatable bonds is 4. The van der Waals surface area contributed by atoms with Crippen molar-refractivity contribution in [1.29, 1.82) is 0 Å². The Balaban J connectivity index is 2.34. The summed E-state index contributed by atoms with van der Waals surface area (Å²) >= 11 is 1.65. The fourth-order valence-corrected chi connectivity index (χ4v) is 1.86. The second-order valence-corrected chi connectivity index (χ2v) is 3.74. The number of carbonyl (C=O) groups excluding carboxylic acids is 1. The van der Waals surface area contributed by atoms with Crippen molar-refractivity contribution in [2.24, 2.45) is 0 Å². The first-order valence-corrected chi connectivity index (χ1v) is 5.76. The molecule has 1 aromatic heterocycles. The van der Waals surface area contributed by atoms with E-state index >= 15 is 0 Å². The van der Waals surface area contributed by atoms with Gasteiger partial charge in [-0.2, -0.15) is 11.3 Å². The predicted molar refractivity (Wildman–Crippen MR) is 59.5 cm³/mol. The van der Waals surface area contributed by atoms with Crippen LogP contribution in [-0.4, -0.2) is 24.0 Å². The van der Waals surface area contributed by atoms with Crippen LogP contribution < -0.4 is 5.32 Å². The van der Waals surface area contributed by atoms with Gasteiger partial charge >= 0.3 is 6.03 Å². The van der Waals surface area contributed by atoms with Gasteiger partial charge in [0.05, 0.1) is 0 Å². The molecule has 0 aliphatic carbocycles. The molecular formula is C10H16N2OS. The number of hydrogen-bond donors (Lipinski definition) is 1. The fraction of sp³-hybridized carbons (Fsp3) is 0.500. The summed E-state index contributed by atoms with van der Waals surface area (Å²) in [6, 6.07) is 2.04. The number of nitrogens with one attached hydrogen (secondary N) is 1. The molecule has 1 N–H and O–H groups in total. The summed E-state index contributed by atoms with van der Waals surface area (Å²) in [4.78, 5) is 13.3. The van der Waals surface area contributed by atoms with Crippen LogP contribution in [0.15, 0.2) is 16.8 Å². The number of carbonyl (C=O) groups is 1. The molecule has 4 heteroatoms. The van der Waals surface area contributed by atoms with E-state index < -0.39 is 0 Å². The van der Waals surface area contributed by atoms with Gasteiger partial charge < -0.3 is 10.2 Å². The standard InChI is InChI=1S/C10H16N2OS/c1-3-12(4-2)10(13)11-7-9-5-6-14-8-9/h5-6,8H,3-4,7H2,1-2H3,(H,11,13). The summed E-state index contributed by atoms with van der Waals surface area (Å²) in [5.74, 6) is 0. The molecule has 1 heterocycles. The van der Waals surface area contributed by atoms with Crippen LogP contribution in [0.1, 0.15) is 19.4 Å². The van der Waals surface area contributed by atoms with Crippen LogP contribution in [0.4, 0.5) is 4.79 Å². The lowest BCUT2D eigenvalue weighted by atomic mass is 10.3. The zero-order valence-electron chi connectivity index (χ0n) is 8.62. The maximum absolute atomic E-state index is 11.5. The summed E-state index contributed by atoms with van der Waals surface area (Å²) in [6.07, 6.45) is 0. The molecule has 1 rings (SSSR count). The van der Waals surface area contributed by atoms with Crippen LogP contribution in [0.5, 0.6) is 0 Å². The molecule has 0 radical (unpaired) electrons. The van der Waals surface area contributed by atoms with Gasteiger partial charge in [0.1, 0.15) is 0 Å². The van der Waals surface area contributed by atoms with E-state index in [0.29, 0.717) is 6.54 Å². The summed E-state index contributed by atoms with van der Waals surface area (Å²) in [5.41, 5.74) is 1.16. The summed E-state index contributed by atoms with van der Waals surface area (Å²) in [7, 11) is 0. The van der Waals surface area contributed by atoms with Gasteiger partial charge in [0.25, 0.3) is 0 Å². The largest absolute Gasteiger partial charge is 0.334 e. The minimum Gasteiger partial charge on any atom is -0.334 e. The zero-order valence-corrected chi connectivity index (χ0v) is 9.43. The minimum absolute atomic E-state index is 0.0150. The lowest BCUT2D eigenvalue weighted by Gasteiger charge is -2.18. The van der Waals surface area contributed by atoms with Crippen molar-refractivity contribution >= 4 is 17.4 Å². The van der Waals surface area contributed by atoms with Crippen molar-refractivity contribution in [1.82, 2.24) is 10.2 Å². The van der Waals surface area contributed by atoms with E-state index in [1.54, 1.807) is 16.2 Å². The molecule has 0 aliphatic heterocycles. The van der Waals surface area contributed by atoms with E-state index in [-0.39, 0.29) is 6.03 Å². The van der Waals surface area contributed by atoms with Crippen LogP contribution >= 0.6 is 11.3 Å².